The van der Waals surface area contributed by atoms with Crippen molar-refractivity contribution in [3.63, 3.8) is 0 Å². The Labute approximate surface area is 140 Å². The van der Waals surface area contributed by atoms with Gasteiger partial charge in [-0.25, -0.2) is 0 Å². The molecule has 0 radical (unpaired) electrons. The molecule has 2 rings (SSSR count). The van der Waals surface area contributed by atoms with Crippen molar-refractivity contribution in [2.45, 2.75) is 52.4 Å². The Morgan fingerprint density at radius 3 is 2.27 bits per heavy atom. The van der Waals surface area contributed by atoms with Gasteiger partial charge in [-0.3, -0.25) is 4.90 Å². The first-order valence-corrected chi connectivity index (χ1v) is 9.79. The maximum absolute atomic E-state index is 6.03. The van der Waals surface area contributed by atoms with Crippen molar-refractivity contribution < 1.29 is 4.74 Å². The molecule has 0 aromatic heterocycles. The molecular weight excluding hydrogens is 290 g/mol. The number of thioether (sulfide) groups is 1. The van der Waals surface area contributed by atoms with Gasteiger partial charge in [-0.15, -0.1) is 11.8 Å². The highest BCUT2D eigenvalue weighted by molar-refractivity contribution is 7.99. The van der Waals surface area contributed by atoms with E-state index in [9.17, 15) is 0 Å². The lowest BCUT2D eigenvalue weighted by Gasteiger charge is -2.16. The first-order valence-electron chi connectivity index (χ1n) is 8.64. The minimum atomic E-state index is 0.550. The monoisotopic (exact) mass is 321 g/mol. The number of benzene rings is 1. The third-order valence-corrected chi connectivity index (χ3v) is 5.27. The van der Waals surface area contributed by atoms with E-state index in [0.29, 0.717) is 11.8 Å². The van der Waals surface area contributed by atoms with Crippen molar-refractivity contribution in [3.8, 4) is 5.75 Å². The lowest BCUT2D eigenvalue weighted by molar-refractivity contribution is 0.284. The summed E-state index contributed by atoms with van der Waals surface area (Å²) in [5, 5.41) is 0. The molecular formula is C19H31NOS. The van der Waals surface area contributed by atoms with Gasteiger partial charge in [-0.1, -0.05) is 33.8 Å². The smallest absolute Gasteiger partial charge is 0.119 e. The van der Waals surface area contributed by atoms with Gasteiger partial charge in [0.15, 0.2) is 0 Å². The van der Waals surface area contributed by atoms with Gasteiger partial charge < -0.3 is 4.74 Å². The number of nitrogens with zero attached hydrogens (tertiary/aromatic N) is 1. The summed E-state index contributed by atoms with van der Waals surface area (Å²) in [6, 6.07) is 6.76. The Balaban J connectivity index is 1.80. The van der Waals surface area contributed by atoms with E-state index >= 15 is 0 Å². The normalized spacial score (nSPS) is 15.9. The van der Waals surface area contributed by atoms with Crippen LogP contribution in [0, 0.1) is 0 Å². The Morgan fingerprint density at radius 2 is 1.73 bits per heavy atom. The molecule has 0 saturated carbocycles. The summed E-state index contributed by atoms with van der Waals surface area (Å²) < 4.78 is 6.03. The predicted molar refractivity (Wildman–Crippen MR) is 98.2 cm³/mol. The molecule has 0 spiro atoms. The summed E-state index contributed by atoms with van der Waals surface area (Å²) >= 11 is 2.05. The van der Waals surface area contributed by atoms with Crippen molar-refractivity contribution in [1.82, 2.24) is 4.90 Å². The Hall–Kier alpha value is -0.670. The second kappa shape index (κ2) is 8.83. The molecule has 0 N–H and O–H groups in total. The SMILES string of the molecule is CC(C)c1cc(OCCCCN2CCSC2)cc(C(C)C)c1. The largest absolute Gasteiger partial charge is 0.494 e. The van der Waals surface area contributed by atoms with E-state index in [1.807, 2.05) is 11.8 Å². The Morgan fingerprint density at radius 1 is 1.05 bits per heavy atom. The zero-order valence-corrected chi connectivity index (χ0v) is 15.4. The number of ether oxygens (including phenoxy) is 1. The van der Waals surface area contributed by atoms with Gasteiger partial charge in [0.05, 0.1) is 6.61 Å². The first kappa shape index (κ1) is 17.7. The second-order valence-corrected chi connectivity index (χ2v) is 7.93. The molecule has 1 heterocycles. The molecule has 0 aliphatic carbocycles. The van der Waals surface area contributed by atoms with Crippen molar-refractivity contribution >= 4 is 11.8 Å². The van der Waals surface area contributed by atoms with Crippen LogP contribution in [0.3, 0.4) is 0 Å². The fraction of sp³-hybridized carbons (Fsp3) is 0.684. The minimum Gasteiger partial charge on any atom is -0.494 e. The summed E-state index contributed by atoms with van der Waals surface area (Å²) in [7, 11) is 0. The Kier molecular flexibility index (Phi) is 7.10. The molecule has 2 nitrogen and oxygen atoms in total. The second-order valence-electron chi connectivity index (χ2n) is 6.86. The molecule has 1 aromatic rings. The maximum Gasteiger partial charge on any atom is 0.119 e. The molecule has 1 aliphatic rings. The van der Waals surface area contributed by atoms with Crippen LogP contribution in [0.25, 0.3) is 0 Å². The highest BCUT2D eigenvalue weighted by Crippen LogP contribution is 2.27. The summed E-state index contributed by atoms with van der Waals surface area (Å²) in [4.78, 5) is 2.54. The maximum atomic E-state index is 6.03. The molecule has 0 amide bonds. The number of hydrogen-bond acceptors (Lipinski definition) is 3. The fourth-order valence-electron chi connectivity index (χ4n) is 2.65. The lowest BCUT2D eigenvalue weighted by atomic mass is 9.95. The van der Waals surface area contributed by atoms with Crippen LogP contribution in [0.1, 0.15) is 63.5 Å². The summed E-state index contributed by atoms with van der Waals surface area (Å²) in [6.07, 6.45) is 2.38. The van der Waals surface area contributed by atoms with Gasteiger partial charge in [0.2, 0.25) is 0 Å². The summed E-state index contributed by atoms with van der Waals surface area (Å²) in [6.45, 7) is 12.3. The van der Waals surface area contributed by atoms with Crippen LogP contribution in [0.4, 0.5) is 0 Å². The van der Waals surface area contributed by atoms with Gasteiger partial charge >= 0.3 is 0 Å². The molecule has 1 fully saturated rings. The molecule has 124 valence electrons. The van der Waals surface area contributed by atoms with E-state index in [0.717, 1.165) is 18.8 Å². The highest BCUT2D eigenvalue weighted by atomic mass is 32.2. The van der Waals surface area contributed by atoms with E-state index in [1.165, 1.54) is 42.3 Å². The third kappa shape index (κ3) is 5.51. The molecule has 0 bridgehead atoms. The average Bonchev–Trinajstić information content (AvgIpc) is 2.99. The molecule has 1 saturated heterocycles. The molecule has 0 unspecified atom stereocenters. The van der Waals surface area contributed by atoms with Crippen molar-refractivity contribution in [2.75, 3.05) is 31.3 Å². The van der Waals surface area contributed by atoms with E-state index in [-0.39, 0.29) is 0 Å². The van der Waals surface area contributed by atoms with Gasteiger partial charge in [-0.2, -0.15) is 0 Å². The minimum absolute atomic E-state index is 0.550. The molecule has 1 aliphatic heterocycles. The predicted octanol–water partition coefficient (Wildman–Crippen LogP) is 5.10. The molecule has 1 aromatic carbocycles. The standard InChI is InChI=1S/C19H31NOS/c1-15(2)17-11-18(16(3)4)13-19(12-17)21-9-6-5-7-20-8-10-22-14-20/h11-13,15-16H,5-10,14H2,1-4H3. The molecule has 3 heteroatoms. The van der Waals surface area contributed by atoms with Crippen LogP contribution in [-0.4, -0.2) is 36.2 Å². The van der Waals surface area contributed by atoms with E-state index in [4.69, 9.17) is 4.74 Å². The van der Waals surface area contributed by atoms with Crippen molar-refractivity contribution in [3.05, 3.63) is 29.3 Å². The van der Waals surface area contributed by atoms with Crippen LogP contribution in [0.5, 0.6) is 5.75 Å². The number of rotatable bonds is 8. The summed E-state index contributed by atoms with van der Waals surface area (Å²) in [5.74, 6) is 4.67. The van der Waals surface area contributed by atoms with E-state index in [2.05, 4.69) is 50.8 Å². The average molecular weight is 322 g/mol. The fourth-order valence-corrected chi connectivity index (χ4v) is 3.68. The van der Waals surface area contributed by atoms with Gasteiger partial charge in [0.1, 0.15) is 5.75 Å². The highest BCUT2D eigenvalue weighted by Gasteiger charge is 2.11. The topological polar surface area (TPSA) is 12.5 Å². The van der Waals surface area contributed by atoms with Gasteiger partial charge in [0, 0.05) is 18.2 Å². The van der Waals surface area contributed by atoms with Crippen LogP contribution in [0.15, 0.2) is 18.2 Å². The zero-order valence-electron chi connectivity index (χ0n) is 14.6. The summed E-state index contributed by atoms with van der Waals surface area (Å²) in [5.41, 5.74) is 2.77. The molecule has 22 heavy (non-hydrogen) atoms. The lowest BCUT2D eigenvalue weighted by Crippen LogP contribution is -2.21. The number of unbranched alkanes of at least 4 members (excludes halogenated alkanes) is 1. The van der Waals surface area contributed by atoms with Crippen LogP contribution in [-0.2, 0) is 0 Å². The van der Waals surface area contributed by atoms with E-state index in [1.54, 1.807) is 0 Å². The zero-order chi connectivity index (χ0) is 15.9. The quantitative estimate of drug-likeness (QED) is 0.618. The van der Waals surface area contributed by atoms with Crippen LogP contribution in [0.2, 0.25) is 0 Å². The van der Waals surface area contributed by atoms with Crippen molar-refractivity contribution in [2.24, 2.45) is 0 Å². The van der Waals surface area contributed by atoms with Crippen molar-refractivity contribution in [1.29, 1.82) is 0 Å². The van der Waals surface area contributed by atoms with Crippen LogP contribution < -0.4 is 4.74 Å². The van der Waals surface area contributed by atoms with E-state index < -0.39 is 0 Å². The van der Waals surface area contributed by atoms with Gasteiger partial charge in [0.25, 0.3) is 0 Å². The van der Waals surface area contributed by atoms with Crippen LogP contribution >= 0.6 is 11.8 Å². The van der Waals surface area contributed by atoms with Gasteiger partial charge in [-0.05, 0) is 54.5 Å². The third-order valence-electron chi connectivity index (χ3n) is 4.25. The number of hydrogen-bond donors (Lipinski definition) is 0. The first-order chi connectivity index (χ1) is 10.6. The Bertz CT molecular complexity index is 426. The molecule has 0 atom stereocenters.